The van der Waals surface area contributed by atoms with Crippen molar-refractivity contribution in [2.24, 2.45) is 0 Å². The first-order valence-corrected chi connectivity index (χ1v) is 21.9. The number of hydrogen-bond acceptors (Lipinski definition) is 5. The van der Waals surface area contributed by atoms with Gasteiger partial charge in [-0.1, -0.05) is 140 Å². The molecule has 5 heteroatoms. The molecular formula is C46H84N2O3. The normalized spacial score (nSPS) is 22.8. The number of likely N-dealkylation sites (N-methyl/N-ethyl adjacent to an activating group) is 2. The van der Waals surface area contributed by atoms with Gasteiger partial charge >= 0.3 is 0 Å². The Hall–Kier alpha value is -1.24. The van der Waals surface area contributed by atoms with Gasteiger partial charge in [-0.2, -0.15) is 0 Å². The van der Waals surface area contributed by atoms with Crippen molar-refractivity contribution < 1.29 is 14.6 Å². The fourth-order valence-corrected chi connectivity index (χ4v) is 7.75. The van der Waals surface area contributed by atoms with Crippen molar-refractivity contribution >= 4 is 0 Å². The molecule has 0 spiro atoms. The summed E-state index contributed by atoms with van der Waals surface area (Å²) in [4.78, 5) is 4.47. The summed E-state index contributed by atoms with van der Waals surface area (Å²) >= 11 is 0. The van der Waals surface area contributed by atoms with Gasteiger partial charge in [0.2, 0.25) is 0 Å². The molecule has 0 aromatic heterocycles. The van der Waals surface area contributed by atoms with Crippen LogP contribution in [0, 0.1) is 0 Å². The van der Waals surface area contributed by atoms with E-state index in [2.05, 4.69) is 93.4 Å². The lowest BCUT2D eigenvalue weighted by Crippen LogP contribution is -2.50. The molecule has 2 saturated heterocycles. The minimum Gasteiger partial charge on any atom is -0.389 e. The summed E-state index contributed by atoms with van der Waals surface area (Å²) in [6, 6.07) is 0.0492. The third-order valence-electron chi connectivity index (χ3n) is 11.0. The monoisotopic (exact) mass is 713 g/mol. The summed E-state index contributed by atoms with van der Waals surface area (Å²) < 4.78 is 13.8. The number of nitrogens with zero attached hydrogens (tertiary/aromatic N) is 2. The van der Waals surface area contributed by atoms with Crippen LogP contribution in [0.4, 0.5) is 0 Å². The van der Waals surface area contributed by atoms with Crippen molar-refractivity contribution in [3.63, 3.8) is 0 Å². The van der Waals surface area contributed by atoms with E-state index in [9.17, 15) is 5.11 Å². The molecule has 0 aliphatic carbocycles. The molecule has 0 unspecified atom stereocenters. The molecule has 0 saturated carbocycles. The van der Waals surface area contributed by atoms with Gasteiger partial charge in [0.1, 0.15) is 12.2 Å². The van der Waals surface area contributed by atoms with Crippen molar-refractivity contribution in [3.05, 3.63) is 48.6 Å². The second-order valence-electron chi connectivity index (χ2n) is 16.1. The fraction of sp³-hybridized carbons (Fsp3) is 0.826. The second-order valence-corrected chi connectivity index (χ2v) is 16.1. The first-order chi connectivity index (χ1) is 24.9. The van der Waals surface area contributed by atoms with Crippen LogP contribution in [0.25, 0.3) is 0 Å². The van der Waals surface area contributed by atoms with Gasteiger partial charge in [0.05, 0.1) is 12.1 Å². The summed E-state index contributed by atoms with van der Waals surface area (Å²) in [7, 11) is 6.29. The number of rotatable bonds is 31. The zero-order valence-corrected chi connectivity index (χ0v) is 34.4. The zero-order valence-electron chi connectivity index (χ0n) is 34.4. The summed E-state index contributed by atoms with van der Waals surface area (Å²) in [6.07, 6.45) is 49.9. The van der Waals surface area contributed by atoms with E-state index in [-0.39, 0.29) is 18.2 Å². The number of aliphatic hydroxyl groups excluding tert-OH is 1. The highest BCUT2D eigenvalue weighted by Gasteiger charge is 2.52. The molecule has 2 heterocycles. The van der Waals surface area contributed by atoms with Crippen LogP contribution in [0.15, 0.2) is 48.6 Å². The van der Waals surface area contributed by atoms with Gasteiger partial charge in [-0.25, -0.2) is 0 Å². The van der Waals surface area contributed by atoms with E-state index >= 15 is 0 Å². The maximum Gasteiger partial charge on any atom is 0.169 e. The third-order valence-corrected chi connectivity index (χ3v) is 11.0. The Balaban J connectivity index is 1.70. The van der Waals surface area contributed by atoms with E-state index in [1.807, 2.05) is 0 Å². The van der Waals surface area contributed by atoms with Gasteiger partial charge in [-0.3, -0.25) is 0 Å². The minimum absolute atomic E-state index is 0.0492. The molecule has 51 heavy (non-hydrogen) atoms. The van der Waals surface area contributed by atoms with Gasteiger partial charge < -0.3 is 24.4 Å². The van der Waals surface area contributed by atoms with Crippen molar-refractivity contribution in [2.45, 2.75) is 211 Å². The van der Waals surface area contributed by atoms with Crippen LogP contribution >= 0.6 is 0 Å². The molecule has 4 atom stereocenters. The number of unbranched alkanes of at least 4 members (excludes halogenated alkanes) is 18. The van der Waals surface area contributed by atoms with E-state index in [0.717, 1.165) is 51.6 Å². The van der Waals surface area contributed by atoms with Crippen LogP contribution in [0.2, 0.25) is 0 Å². The standard InChI is InChI=1S/C46H84N2O3/c1-6-8-10-12-14-16-18-20-22-24-26-28-30-32-34-36-38-46(50-43-41-48(5)40-42(47(3)4)44(49)45(43)51-46)39-37-35-33-31-29-27-25-23-21-19-17-15-13-11-9-7-2/h14-17,20-23,42-45,49H,6-13,18-19,24-41H2,1-5H3/b16-14-,17-15-,22-20-,23-21-/t42-,43+,44+,45+/m0/s1. The predicted octanol–water partition coefficient (Wildman–Crippen LogP) is 12.1. The van der Waals surface area contributed by atoms with Crippen LogP contribution in [0.1, 0.15) is 181 Å². The topological polar surface area (TPSA) is 45.2 Å². The van der Waals surface area contributed by atoms with E-state index in [0.29, 0.717) is 0 Å². The van der Waals surface area contributed by atoms with E-state index in [1.165, 1.54) is 128 Å². The van der Waals surface area contributed by atoms with Gasteiger partial charge in [0, 0.05) is 25.9 Å². The summed E-state index contributed by atoms with van der Waals surface area (Å²) in [5, 5.41) is 11.5. The van der Waals surface area contributed by atoms with Crippen LogP contribution < -0.4 is 0 Å². The quantitative estimate of drug-likeness (QED) is 0.0573. The van der Waals surface area contributed by atoms with Crippen molar-refractivity contribution in [1.82, 2.24) is 9.80 Å². The number of allylic oxidation sites excluding steroid dienone is 8. The summed E-state index contributed by atoms with van der Waals surface area (Å²) in [5.41, 5.74) is 0. The Bertz CT molecular complexity index is 879. The molecule has 2 fully saturated rings. The molecule has 0 aromatic rings. The Kier molecular flexibility index (Phi) is 27.1. The molecule has 0 radical (unpaired) electrons. The Morgan fingerprint density at radius 1 is 0.569 bits per heavy atom. The number of aliphatic hydroxyl groups is 1. The molecule has 2 aliphatic heterocycles. The molecule has 0 aromatic carbocycles. The van der Waals surface area contributed by atoms with Crippen LogP contribution in [0.3, 0.4) is 0 Å². The largest absolute Gasteiger partial charge is 0.389 e. The van der Waals surface area contributed by atoms with Gasteiger partial charge in [-0.05, 0) is 98.2 Å². The highest BCUT2D eigenvalue weighted by molar-refractivity contribution is 4.99. The first-order valence-electron chi connectivity index (χ1n) is 21.9. The summed E-state index contributed by atoms with van der Waals surface area (Å²) in [5.74, 6) is -0.546. The van der Waals surface area contributed by atoms with E-state index < -0.39 is 11.9 Å². The minimum atomic E-state index is -0.546. The summed E-state index contributed by atoms with van der Waals surface area (Å²) in [6.45, 7) is 6.18. The average molecular weight is 713 g/mol. The van der Waals surface area contributed by atoms with E-state index in [4.69, 9.17) is 9.47 Å². The third kappa shape index (κ3) is 21.3. The fourth-order valence-electron chi connectivity index (χ4n) is 7.75. The number of likely N-dealkylation sites (tertiary alicyclic amines) is 1. The van der Waals surface area contributed by atoms with Crippen LogP contribution in [0.5, 0.6) is 0 Å². The second kappa shape index (κ2) is 30.1. The van der Waals surface area contributed by atoms with Gasteiger partial charge in [0.15, 0.2) is 5.79 Å². The van der Waals surface area contributed by atoms with E-state index in [1.54, 1.807) is 0 Å². The lowest BCUT2D eigenvalue weighted by atomic mass is 9.98. The zero-order chi connectivity index (χ0) is 36.8. The van der Waals surface area contributed by atoms with Crippen molar-refractivity contribution in [2.75, 3.05) is 34.2 Å². The molecule has 0 bridgehead atoms. The van der Waals surface area contributed by atoms with Crippen LogP contribution in [-0.2, 0) is 9.47 Å². The highest BCUT2D eigenvalue weighted by atomic mass is 16.8. The molecule has 296 valence electrons. The maximum absolute atomic E-state index is 11.5. The van der Waals surface area contributed by atoms with Crippen molar-refractivity contribution in [1.29, 1.82) is 0 Å². The molecule has 0 amide bonds. The SMILES string of the molecule is CCCCC/C=C\C/C=C\CCCCCCCCC1(CCCCCCCC/C=C\C/C=C\CCCCC)O[C@H]2[C@H](O)[C@@H](N(C)C)CN(C)C[C@H]2O1. The lowest BCUT2D eigenvalue weighted by Gasteiger charge is -2.34. The predicted molar refractivity (Wildman–Crippen MR) is 221 cm³/mol. The molecule has 1 N–H and O–H groups in total. The molecular weight excluding hydrogens is 629 g/mol. The van der Waals surface area contributed by atoms with Crippen molar-refractivity contribution in [3.8, 4) is 0 Å². The number of hydrogen-bond donors (Lipinski definition) is 1. The smallest absolute Gasteiger partial charge is 0.169 e. The lowest BCUT2D eigenvalue weighted by molar-refractivity contribution is -0.198. The number of ether oxygens (including phenoxy) is 2. The van der Waals surface area contributed by atoms with Gasteiger partial charge in [0.25, 0.3) is 0 Å². The molecule has 5 nitrogen and oxygen atoms in total. The van der Waals surface area contributed by atoms with Gasteiger partial charge in [-0.15, -0.1) is 0 Å². The average Bonchev–Trinajstić information content (AvgIpc) is 3.42. The maximum atomic E-state index is 11.5. The Labute approximate surface area is 317 Å². The Morgan fingerprint density at radius 2 is 0.980 bits per heavy atom. The van der Waals surface area contributed by atoms with Crippen LogP contribution in [-0.4, -0.2) is 79.3 Å². The highest BCUT2D eigenvalue weighted by Crippen LogP contribution is 2.41. The Morgan fingerprint density at radius 3 is 1.41 bits per heavy atom. The first kappa shape index (κ1) is 45.9. The molecule has 2 aliphatic rings. The molecule has 2 rings (SSSR count). The number of fused-ring (bicyclic) bond motifs is 1.